The summed E-state index contributed by atoms with van der Waals surface area (Å²) in [6.07, 6.45) is 2.51. The van der Waals surface area contributed by atoms with Crippen LogP contribution in [0.3, 0.4) is 0 Å². The Labute approximate surface area is 341 Å². The first-order valence-corrected chi connectivity index (χ1v) is 19.5. The third kappa shape index (κ3) is 13.4. The number of benzene rings is 4. The van der Waals surface area contributed by atoms with Crippen LogP contribution in [0.5, 0.6) is 23.0 Å². The van der Waals surface area contributed by atoms with E-state index in [0.717, 1.165) is 93.7 Å². The van der Waals surface area contributed by atoms with Crippen LogP contribution in [0.4, 0.5) is 0 Å². The molecule has 2 heterocycles. The van der Waals surface area contributed by atoms with E-state index >= 15 is 0 Å². The summed E-state index contributed by atoms with van der Waals surface area (Å²) in [5, 5.41) is 6.80. The summed E-state index contributed by atoms with van der Waals surface area (Å²) in [4.78, 5) is 0. The van der Waals surface area contributed by atoms with Crippen LogP contribution in [0.2, 0.25) is 0 Å². The zero-order chi connectivity index (χ0) is 36.6. The number of hydrogen-bond donors (Lipinski definition) is 2. The molecule has 0 spiro atoms. The summed E-state index contributed by atoms with van der Waals surface area (Å²) in [7, 11) is 0. The predicted molar refractivity (Wildman–Crippen MR) is 222 cm³/mol. The maximum Gasteiger partial charge on any atom is 0.126 e. The van der Waals surface area contributed by atoms with E-state index in [0.29, 0.717) is 105 Å². The van der Waals surface area contributed by atoms with Crippen molar-refractivity contribution in [3.05, 3.63) is 117 Å². The second-order valence-electron chi connectivity index (χ2n) is 13.7. The van der Waals surface area contributed by atoms with Crippen molar-refractivity contribution in [3.8, 4) is 23.0 Å². The average molecular weight is 811 g/mol. The third-order valence-electron chi connectivity index (χ3n) is 9.83. The fourth-order valence-electron chi connectivity index (χ4n) is 7.27. The Kier molecular flexibility index (Phi) is 21.5. The van der Waals surface area contributed by atoms with Gasteiger partial charge in [0.2, 0.25) is 0 Å². The van der Waals surface area contributed by atoms with Crippen LogP contribution < -0.4 is 29.6 Å². The van der Waals surface area contributed by atoms with E-state index in [4.69, 9.17) is 37.9 Å². The first-order valence-electron chi connectivity index (χ1n) is 19.5. The molecule has 10 N–H and O–H groups in total. The molecule has 0 fully saturated rings. The Morgan fingerprint density at radius 3 is 0.690 bits per heavy atom. The summed E-state index contributed by atoms with van der Waals surface area (Å²) < 4.78 is 50.7. The highest BCUT2D eigenvalue weighted by molar-refractivity contribution is 5.56. The SMILES string of the molecule is O.O.O.O.c1cc2c3c(c1)Cc1cccc4c1OCCOCCNCCOCCOc1c(cccc1Cc1cccc(c1OCCOCCNCCOCCO3)C4)C2. The summed E-state index contributed by atoms with van der Waals surface area (Å²) in [5.41, 5.74) is 8.73. The molecule has 320 valence electrons. The number of ether oxygens (including phenoxy) is 8. The Bertz CT molecular complexity index is 1450. The van der Waals surface area contributed by atoms with Gasteiger partial charge in [-0.25, -0.2) is 0 Å². The zero-order valence-corrected chi connectivity index (χ0v) is 33.3. The van der Waals surface area contributed by atoms with Gasteiger partial charge in [-0.1, -0.05) is 72.8 Å². The van der Waals surface area contributed by atoms with E-state index < -0.39 is 0 Å². The minimum Gasteiger partial charge on any atom is -0.491 e. The molecule has 3 aliphatic rings. The molecular formula is C44H62N2O12. The zero-order valence-electron chi connectivity index (χ0n) is 33.3. The lowest BCUT2D eigenvalue weighted by Crippen LogP contribution is -2.25. The van der Waals surface area contributed by atoms with Crippen LogP contribution in [0, 0.1) is 0 Å². The molecule has 7 rings (SSSR count). The minimum absolute atomic E-state index is 0. The Balaban J connectivity index is 0.00000225. The van der Waals surface area contributed by atoms with Gasteiger partial charge < -0.3 is 70.4 Å². The van der Waals surface area contributed by atoms with Crippen LogP contribution in [-0.4, -0.2) is 127 Å². The molecule has 2 aliphatic heterocycles. The monoisotopic (exact) mass is 810 g/mol. The molecule has 14 nitrogen and oxygen atoms in total. The molecule has 0 amide bonds. The van der Waals surface area contributed by atoms with Gasteiger partial charge in [-0.15, -0.1) is 0 Å². The van der Waals surface area contributed by atoms with Crippen molar-refractivity contribution < 1.29 is 59.8 Å². The van der Waals surface area contributed by atoms with Crippen LogP contribution >= 0.6 is 0 Å². The lowest BCUT2D eigenvalue weighted by Gasteiger charge is -2.23. The number of hydrogen-bond acceptors (Lipinski definition) is 10. The molecule has 4 aromatic rings. The lowest BCUT2D eigenvalue weighted by atomic mass is 9.91. The largest absolute Gasteiger partial charge is 0.491 e. The van der Waals surface area contributed by atoms with E-state index in [-0.39, 0.29) is 21.9 Å². The quantitative estimate of drug-likeness (QED) is 0.231. The van der Waals surface area contributed by atoms with Crippen molar-refractivity contribution >= 4 is 0 Å². The van der Waals surface area contributed by atoms with Gasteiger partial charge in [0.1, 0.15) is 49.4 Å². The van der Waals surface area contributed by atoms with E-state index in [9.17, 15) is 0 Å². The molecule has 0 atom stereocenters. The van der Waals surface area contributed by atoms with Gasteiger partial charge in [0.25, 0.3) is 0 Å². The van der Waals surface area contributed by atoms with Crippen LogP contribution in [-0.2, 0) is 44.6 Å². The van der Waals surface area contributed by atoms with E-state index in [1.165, 1.54) is 0 Å². The van der Waals surface area contributed by atoms with Crippen molar-refractivity contribution in [3.63, 3.8) is 0 Å². The van der Waals surface area contributed by atoms with Crippen molar-refractivity contribution in [2.75, 3.05) is 105 Å². The molecule has 0 saturated heterocycles. The van der Waals surface area contributed by atoms with Gasteiger partial charge in [0, 0.05) is 51.9 Å². The minimum atomic E-state index is 0. The van der Waals surface area contributed by atoms with Crippen molar-refractivity contribution in [1.82, 2.24) is 10.6 Å². The molecule has 58 heavy (non-hydrogen) atoms. The maximum atomic E-state index is 6.69. The summed E-state index contributed by atoms with van der Waals surface area (Å²) in [6, 6.07) is 25.9. The molecule has 0 unspecified atom stereocenters. The fraction of sp³-hybridized carbons (Fsp3) is 0.455. The third-order valence-corrected chi connectivity index (χ3v) is 9.83. The van der Waals surface area contributed by atoms with E-state index in [1.54, 1.807) is 0 Å². The molecule has 0 radical (unpaired) electrons. The number of rotatable bonds is 0. The van der Waals surface area contributed by atoms with Crippen molar-refractivity contribution in [2.45, 2.75) is 25.7 Å². The van der Waals surface area contributed by atoms with Crippen molar-refractivity contribution in [2.24, 2.45) is 0 Å². The smallest absolute Gasteiger partial charge is 0.126 e. The highest BCUT2D eigenvalue weighted by Gasteiger charge is 2.22. The summed E-state index contributed by atoms with van der Waals surface area (Å²) >= 11 is 0. The summed E-state index contributed by atoms with van der Waals surface area (Å²) in [6.45, 7) is 8.95. The first-order chi connectivity index (χ1) is 26.8. The van der Waals surface area contributed by atoms with Gasteiger partial charge in [0.05, 0.1) is 52.9 Å². The Morgan fingerprint density at radius 1 is 0.276 bits per heavy atom. The molecule has 0 saturated carbocycles. The van der Waals surface area contributed by atoms with Gasteiger partial charge in [0.15, 0.2) is 0 Å². The molecule has 1 aliphatic carbocycles. The van der Waals surface area contributed by atoms with E-state index in [1.807, 2.05) is 0 Å². The molecular weight excluding hydrogens is 748 g/mol. The Morgan fingerprint density at radius 2 is 0.483 bits per heavy atom. The lowest BCUT2D eigenvalue weighted by molar-refractivity contribution is 0.0894. The number of nitrogens with one attached hydrogen (secondary N) is 2. The van der Waals surface area contributed by atoms with Gasteiger partial charge in [-0.05, 0) is 44.5 Å². The van der Waals surface area contributed by atoms with Crippen LogP contribution in [0.25, 0.3) is 0 Å². The first kappa shape index (κ1) is 48.1. The average Bonchev–Trinajstić information content (AvgIpc) is 3.17. The van der Waals surface area contributed by atoms with Gasteiger partial charge >= 0.3 is 0 Å². The van der Waals surface area contributed by atoms with Gasteiger partial charge in [-0.3, -0.25) is 0 Å². The van der Waals surface area contributed by atoms with Crippen LogP contribution in [0.1, 0.15) is 44.5 Å². The molecule has 0 aromatic heterocycles. The second-order valence-corrected chi connectivity index (χ2v) is 13.7. The number of para-hydroxylation sites is 4. The van der Waals surface area contributed by atoms with Crippen molar-refractivity contribution in [1.29, 1.82) is 0 Å². The van der Waals surface area contributed by atoms with Gasteiger partial charge in [-0.2, -0.15) is 0 Å². The molecule has 4 aromatic carbocycles. The normalized spacial score (nSPS) is 17.2. The van der Waals surface area contributed by atoms with E-state index in [2.05, 4.69) is 83.4 Å². The predicted octanol–water partition coefficient (Wildman–Crippen LogP) is 1.85. The highest BCUT2D eigenvalue weighted by atomic mass is 16.5. The summed E-state index contributed by atoms with van der Waals surface area (Å²) in [5.74, 6) is 3.50. The standard InChI is InChI=1S/C44H54N2O8.4H2O/c1-5-33-29-35-7-2-9-37-31-39-11-4-12-40-32-38-10-3-8-36(43(38)53-27-23-49-19-15-46-14-18-48-22-26-52-42(35)37)30-34(6-1)41(33)51-25-21-47-17-13-45-16-20-50-24-28-54-44(39)40;;;;/h1-12,45-46H,13-32H2;4*1H2. The fourth-order valence-corrected chi connectivity index (χ4v) is 7.27. The molecule has 14 heteroatoms. The second kappa shape index (κ2) is 25.9. The van der Waals surface area contributed by atoms with Crippen LogP contribution in [0.15, 0.2) is 72.8 Å². The topological polar surface area (TPSA) is 224 Å². The molecule has 12 bridgehead atoms. The Hall–Kier alpha value is -4.32. The maximum absolute atomic E-state index is 6.69. The highest BCUT2D eigenvalue weighted by Crippen LogP contribution is 2.39.